The molecular weight excluding hydrogens is 254 g/mol. The third-order valence-electron chi connectivity index (χ3n) is 3.22. The summed E-state index contributed by atoms with van der Waals surface area (Å²) in [5.74, 6) is -0.178. The monoisotopic (exact) mass is 273 g/mol. The maximum Gasteiger partial charge on any atom is 0.360 e. The lowest BCUT2D eigenvalue weighted by Gasteiger charge is -2.13. The fourth-order valence-corrected chi connectivity index (χ4v) is 2.24. The van der Waals surface area contributed by atoms with Crippen LogP contribution in [0.3, 0.4) is 0 Å². The summed E-state index contributed by atoms with van der Waals surface area (Å²) in [6, 6.07) is 6.07. The van der Waals surface area contributed by atoms with Crippen LogP contribution in [-0.2, 0) is 11.2 Å². The van der Waals surface area contributed by atoms with Crippen LogP contribution >= 0.6 is 0 Å². The molecule has 0 atom stereocenters. The van der Waals surface area contributed by atoms with Crippen LogP contribution in [0.5, 0.6) is 0 Å². The van der Waals surface area contributed by atoms with E-state index in [0.29, 0.717) is 12.4 Å². The van der Waals surface area contributed by atoms with Crippen LogP contribution in [-0.4, -0.2) is 22.1 Å². The Hall–Kier alpha value is -2.30. The van der Waals surface area contributed by atoms with Crippen molar-refractivity contribution in [2.75, 3.05) is 12.3 Å². The minimum absolute atomic E-state index is 0.164. The van der Waals surface area contributed by atoms with E-state index in [1.54, 1.807) is 17.8 Å². The van der Waals surface area contributed by atoms with E-state index in [-0.39, 0.29) is 5.69 Å². The molecule has 0 spiro atoms. The zero-order valence-corrected chi connectivity index (χ0v) is 12.0. The molecular formula is C15H19N3O2. The van der Waals surface area contributed by atoms with Crippen molar-refractivity contribution in [2.24, 2.45) is 0 Å². The molecule has 106 valence electrons. The number of aromatic nitrogens is 2. The molecule has 2 aromatic rings. The molecule has 1 aromatic heterocycles. The molecule has 0 amide bonds. The number of carbonyl (C=O) groups excluding carboxylic acids is 1. The van der Waals surface area contributed by atoms with Gasteiger partial charge in [0.1, 0.15) is 12.1 Å². The van der Waals surface area contributed by atoms with Crippen LogP contribution in [0.4, 0.5) is 5.82 Å². The fraction of sp³-hybridized carbons (Fsp3) is 0.333. The molecule has 0 aliphatic heterocycles. The number of hydrogen-bond acceptors (Lipinski definition) is 4. The number of nitrogen functional groups attached to an aromatic ring is 1. The first-order chi connectivity index (χ1) is 9.60. The molecule has 0 aliphatic carbocycles. The lowest BCUT2D eigenvalue weighted by molar-refractivity contribution is 0.0521. The molecule has 5 nitrogen and oxygen atoms in total. The number of anilines is 1. The summed E-state index contributed by atoms with van der Waals surface area (Å²) in [7, 11) is 0. The largest absolute Gasteiger partial charge is 0.461 e. The van der Waals surface area contributed by atoms with Gasteiger partial charge in [-0.25, -0.2) is 9.78 Å². The Bertz CT molecular complexity index is 632. The SMILES string of the molecule is CCOC(=O)c1ncn(-c2c(C)cccc2CC)c1N. The molecule has 2 rings (SSSR count). The number of aryl methyl sites for hydroxylation is 2. The second-order valence-corrected chi connectivity index (χ2v) is 4.51. The number of para-hydroxylation sites is 1. The molecule has 0 fully saturated rings. The van der Waals surface area contributed by atoms with Crippen molar-refractivity contribution in [1.29, 1.82) is 0 Å². The predicted octanol–water partition coefficient (Wildman–Crippen LogP) is 2.50. The van der Waals surface area contributed by atoms with Crippen LogP contribution in [0.15, 0.2) is 24.5 Å². The van der Waals surface area contributed by atoms with Crippen LogP contribution < -0.4 is 5.73 Å². The molecule has 2 N–H and O–H groups in total. The number of imidazole rings is 1. The van der Waals surface area contributed by atoms with E-state index >= 15 is 0 Å². The highest BCUT2D eigenvalue weighted by molar-refractivity contribution is 5.92. The predicted molar refractivity (Wildman–Crippen MR) is 78.0 cm³/mol. The van der Waals surface area contributed by atoms with Gasteiger partial charge in [0.15, 0.2) is 5.69 Å². The average Bonchev–Trinajstić information content (AvgIpc) is 2.80. The van der Waals surface area contributed by atoms with Gasteiger partial charge < -0.3 is 10.5 Å². The lowest BCUT2D eigenvalue weighted by Crippen LogP contribution is -2.10. The Morgan fingerprint density at radius 2 is 2.15 bits per heavy atom. The van der Waals surface area contributed by atoms with Crippen molar-refractivity contribution in [2.45, 2.75) is 27.2 Å². The number of hydrogen-bond donors (Lipinski definition) is 1. The fourth-order valence-electron chi connectivity index (χ4n) is 2.24. The molecule has 1 aromatic carbocycles. The van der Waals surface area contributed by atoms with E-state index in [9.17, 15) is 4.79 Å². The summed E-state index contributed by atoms with van der Waals surface area (Å²) >= 11 is 0. The topological polar surface area (TPSA) is 70.1 Å². The second kappa shape index (κ2) is 5.77. The van der Waals surface area contributed by atoms with Gasteiger partial charge in [-0.3, -0.25) is 4.57 Å². The van der Waals surface area contributed by atoms with E-state index in [4.69, 9.17) is 10.5 Å². The van der Waals surface area contributed by atoms with Crippen LogP contribution in [0.25, 0.3) is 5.69 Å². The van der Waals surface area contributed by atoms with Gasteiger partial charge >= 0.3 is 5.97 Å². The first kappa shape index (κ1) is 14.1. The number of nitrogens with two attached hydrogens (primary N) is 1. The number of esters is 1. The number of benzene rings is 1. The molecule has 1 heterocycles. The first-order valence-electron chi connectivity index (χ1n) is 6.68. The van der Waals surface area contributed by atoms with Crippen molar-refractivity contribution in [3.8, 4) is 5.69 Å². The van der Waals surface area contributed by atoms with Crippen LogP contribution in [0.2, 0.25) is 0 Å². The molecule has 0 unspecified atom stereocenters. The van der Waals surface area contributed by atoms with Gasteiger partial charge in [-0.15, -0.1) is 0 Å². The summed E-state index contributed by atoms with van der Waals surface area (Å²) < 4.78 is 6.70. The minimum Gasteiger partial charge on any atom is -0.461 e. The van der Waals surface area contributed by atoms with E-state index in [1.165, 1.54) is 0 Å². The summed E-state index contributed by atoms with van der Waals surface area (Å²) in [5.41, 5.74) is 9.45. The number of carbonyl (C=O) groups is 1. The highest BCUT2D eigenvalue weighted by Crippen LogP contribution is 2.24. The number of ether oxygens (including phenoxy) is 1. The first-order valence-corrected chi connectivity index (χ1v) is 6.68. The van der Waals surface area contributed by atoms with Crippen molar-refractivity contribution in [3.05, 3.63) is 41.3 Å². The Kier molecular flexibility index (Phi) is 4.08. The normalized spacial score (nSPS) is 10.6. The van der Waals surface area contributed by atoms with Gasteiger partial charge in [-0.2, -0.15) is 0 Å². The van der Waals surface area contributed by atoms with Gasteiger partial charge in [0.2, 0.25) is 0 Å². The third kappa shape index (κ3) is 2.39. The molecule has 5 heteroatoms. The van der Waals surface area contributed by atoms with Crippen molar-refractivity contribution >= 4 is 11.8 Å². The molecule has 20 heavy (non-hydrogen) atoms. The van der Waals surface area contributed by atoms with Crippen LogP contribution in [0.1, 0.15) is 35.5 Å². The minimum atomic E-state index is -0.490. The molecule has 0 bridgehead atoms. The quantitative estimate of drug-likeness (QED) is 0.869. The maximum absolute atomic E-state index is 11.8. The highest BCUT2D eigenvalue weighted by atomic mass is 16.5. The Morgan fingerprint density at radius 1 is 1.40 bits per heavy atom. The van der Waals surface area contributed by atoms with Crippen molar-refractivity contribution in [3.63, 3.8) is 0 Å². The van der Waals surface area contributed by atoms with E-state index in [1.807, 2.05) is 25.1 Å². The Morgan fingerprint density at radius 3 is 2.80 bits per heavy atom. The van der Waals surface area contributed by atoms with Gasteiger partial charge in [0.05, 0.1) is 12.3 Å². The van der Waals surface area contributed by atoms with Crippen molar-refractivity contribution in [1.82, 2.24) is 9.55 Å². The molecule has 0 saturated carbocycles. The zero-order valence-electron chi connectivity index (χ0n) is 12.0. The smallest absolute Gasteiger partial charge is 0.360 e. The summed E-state index contributed by atoms with van der Waals surface area (Å²) in [6.45, 7) is 6.15. The van der Waals surface area contributed by atoms with Crippen LogP contribution in [0, 0.1) is 6.92 Å². The van der Waals surface area contributed by atoms with Gasteiger partial charge in [0.25, 0.3) is 0 Å². The zero-order chi connectivity index (χ0) is 14.7. The number of rotatable bonds is 4. The molecule has 0 aliphatic rings. The summed E-state index contributed by atoms with van der Waals surface area (Å²) in [4.78, 5) is 15.9. The van der Waals surface area contributed by atoms with Crippen molar-refractivity contribution < 1.29 is 9.53 Å². The molecule has 0 saturated heterocycles. The van der Waals surface area contributed by atoms with Gasteiger partial charge in [-0.1, -0.05) is 25.1 Å². The standard InChI is InChI=1S/C15H19N3O2/c1-4-11-8-6-7-10(3)13(11)18-9-17-12(14(18)16)15(19)20-5-2/h6-9H,4-5,16H2,1-3H3. The van der Waals surface area contributed by atoms with E-state index in [0.717, 1.165) is 23.2 Å². The summed E-state index contributed by atoms with van der Waals surface area (Å²) in [6.07, 6.45) is 2.45. The second-order valence-electron chi connectivity index (χ2n) is 4.51. The Balaban J connectivity index is 2.53. The Labute approximate surface area is 118 Å². The molecule has 0 radical (unpaired) electrons. The maximum atomic E-state index is 11.8. The number of nitrogens with zero attached hydrogens (tertiary/aromatic N) is 2. The lowest BCUT2D eigenvalue weighted by atomic mass is 10.1. The highest BCUT2D eigenvalue weighted by Gasteiger charge is 2.19. The third-order valence-corrected chi connectivity index (χ3v) is 3.22. The van der Waals surface area contributed by atoms with E-state index in [2.05, 4.69) is 11.9 Å². The van der Waals surface area contributed by atoms with E-state index < -0.39 is 5.97 Å². The van der Waals surface area contributed by atoms with Gasteiger partial charge in [-0.05, 0) is 31.4 Å². The average molecular weight is 273 g/mol. The summed E-state index contributed by atoms with van der Waals surface area (Å²) in [5, 5.41) is 0. The van der Waals surface area contributed by atoms with Gasteiger partial charge in [0, 0.05) is 0 Å².